The van der Waals surface area contributed by atoms with E-state index < -0.39 is 5.97 Å². The van der Waals surface area contributed by atoms with E-state index in [1.807, 2.05) is 0 Å². The van der Waals surface area contributed by atoms with E-state index in [9.17, 15) is 9.59 Å². The van der Waals surface area contributed by atoms with E-state index in [1.54, 1.807) is 6.07 Å². The van der Waals surface area contributed by atoms with Gasteiger partial charge >= 0.3 is 5.97 Å². The second-order valence-electron chi connectivity index (χ2n) is 4.79. The van der Waals surface area contributed by atoms with Crippen LogP contribution in [0.4, 0.5) is 0 Å². The number of methoxy groups -OCH3 is 2. The maximum Gasteiger partial charge on any atom is 0.303 e. The number of hydrogen-bond donors (Lipinski definition) is 0. The van der Waals surface area contributed by atoms with Crippen molar-refractivity contribution in [3.63, 3.8) is 0 Å². The highest BCUT2D eigenvalue weighted by molar-refractivity contribution is 6.06. The van der Waals surface area contributed by atoms with Crippen LogP contribution in [0.3, 0.4) is 0 Å². The molecule has 7 heteroatoms. The molecule has 3 rings (SSSR count). The van der Waals surface area contributed by atoms with Crippen molar-refractivity contribution in [2.45, 2.75) is 13.5 Å². The van der Waals surface area contributed by atoms with E-state index in [4.69, 9.17) is 23.0 Å². The molecule has 1 aromatic carbocycles. The highest BCUT2D eigenvalue weighted by Crippen LogP contribution is 2.41. The SMILES string of the molecule is COc1c2occc2c(OC)c2c(=O)cc(COC(C)=O)oc12. The molecule has 2 aromatic heterocycles. The first-order valence-corrected chi connectivity index (χ1v) is 6.78. The Morgan fingerprint density at radius 1 is 1.17 bits per heavy atom. The molecule has 120 valence electrons. The molecule has 7 nitrogen and oxygen atoms in total. The molecule has 2 heterocycles. The molecule has 0 amide bonds. The molecule has 0 fully saturated rings. The Bertz CT molecular complexity index is 948. The number of furan rings is 1. The van der Waals surface area contributed by atoms with Crippen LogP contribution in [0.5, 0.6) is 11.5 Å². The van der Waals surface area contributed by atoms with Gasteiger partial charge < -0.3 is 23.0 Å². The van der Waals surface area contributed by atoms with Gasteiger partial charge in [-0.3, -0.25) is 9.59 Å². The Hall–Kier alpha value is -2.96. The van der Waals surface area contributed by atoms with Gasteiger partial charge in [-0.25, -0.2) is 0 Å². The zero-order chi connectivity index (χ0) is 16.6. The Morgan fingerprint density at radius 3 is 2.57 bits per heavy atom. The van der Waals surface area contributed by atoms with Gasteiger partial charge in [0, 0.05) is 13.0 Å². The molecule has 0 unspecified atom stereocenters. The average Bonchev–Trinajstić information content (AvgIpc) is 2.99. The normalized spacial score (nSPS) is 10.9. The fraction of sp³-hybridized carbons (Fsp3) is 0.250. The van der Waals surface area contributed by atoms with Gasteiger partial charge in [-0.1, -0.05) is 0 Å². The predicted molar refractivity (Wildman–Crippen MR) is 80.8 cm³/mol. The molecule has 3 aromatic rings. The van der Waals surface area contributed by atoms with Gasteiger partial charge in [0.25, 0.3) is 0 Å². The summed E-state index contributed by atoms with van der Waals surface area (Å²) in [5.74, 6) is 0.350. The van der Waals surface area contributed by atoms with E-state index >= 15 is 0 Å². The van der Waals surface area contributed by atoms with E-state index in [2.05, 4.69) is 0 Å². The predicted octanol–water partition coefficient (Wildman–Crippen LogP) is 2.62. The monoisotopic (exact) mass is 318 g/mol. The topological polar surface area (TPSA) is 88.1 Å². The summed E-state index contributed by atoms with van der Waals surface area (Å²) in [5.41, 5.74) is 0.262. The minimum Gasteiger partial charge on any atom is -0.495 e. The Kier molecular flexibility index (Phi) is 3.69. The highest BCUT2D eigenvalue weighted by atomic mass is 16.5. The fourth-order valence-electron chi connectivity index (χ4n) is 2.46. The van der Waals surface area contributed by atoms with Crippen molar-refractivity contribution in [1.82, 2.24) is 0 Å². The van der Waals surface area contributed by atoms with Gasteiger partial charge in [0.05, 0.1) is 25.9 Å². The highest BCUT2D eigenvalue weighted by Gasteiger charge is 2.22. The van der Waals surface area contributed by atoms with Crippen LogP contribution in [-0.4, -0.2) is 20.2 Å². The smallest absolute Gasteiger partial charge is 0.303 e. The molecule has 0 saturated carbocycles. The first-order chi connectivity index (χ1) is 11.1. The molecule has 0 radical (unpaired) electrons. The molecule has 0 aliphatic carbocycles. The maximum absolute atomic E-state index is 12.5. The first kappa shape index (κ1) is 15.0. The van der Waals surface area contributed by atoms with Crippen LogP contribution < -0.4 is 14.9 Å². The van der Waals surface area contributed by atoms with E-state index in [0.29, 0.717) is 16.7 Å². The van der Waals surface area contributed by atoms with Crippen molar-refractivity contribution in [1.29, 1.82) is 0 Å². The summed E-state index contributed by atoms with van der Waals surface area (Å²) >= 11 is 0. The van der Waals surface area contributed by atoms with Crippen LogP contribution in [0.2, 0.25) is 0 Å². The molecule has 0 atom stereocenters. The second-order valence-corrected chi connectivity index (χ2v) is 4.79. The number of fused-ring (bicyclic) bond motifs is 2. The van der Waals surface area contributed by atoms with Crippen molar-refractivity contribution in [2.24, 2.45) is 0 Å². The molecule has 0 aliphatic heterocycles. The molecule has 0 aliphatic rings. The minimum absolute atomic E-state index is 0.151. The van der Waals surface area contributed by atoms with E-state index in [0.717, 1.165) is 0 Å². The molecule has 0 bridgehead atoms. The minimum atomic E-state index is -0.473. The maximum atomic E-state index is 12.5. The van der Waals surface area contributed by atoms with Crippen molar-refractivity contribution in [3.8, 4) is 11.5 Å². The molecule has 23 heavy (non-hydrogen) atoms. The molecular formula is C16H14O7. The zero-order valence-corrected chi connectivity index (χ0v) is 12.8. The lowest BCUT2D eigenvalue weighted by Gasteiger charge is -2.11. The van der Waals surface area contributed by atoms with Gasteiger partial charge in [-0.15, -0.1) is 0 Å². The van der Waals surface area contributed by atoms with Crippen molar-refractivity contribution in [2.75, 3.05) is 14.2 Å². The van der Waals surface area contributed by atoms with Gasteiger partial charge in [-0.2, -0.15) is 0 Å². The summed E-state index contributed by atoms with van der Waals surface area (Å²) in [7, 11) is 2.90. The number of rotatable bonds is 4. The first-order valence-electron chi connectivity index (χ1n) is 6.78. The largest absolute Gasteiger partial charge is 0.495 e. The molecular weight excluding hydrogens is 304 g/mol. The Labute approximate surface area is 130 Å². The fourth-order valence-corrected chi connectivity index (χ4v) is 2.46. The molecule has 0 saturated heterocycles. The van der Waals surface area contributed by atoms with Crippen LogP contribution >= 0.6 is 0 Å². The van der Waals surface area contributed by atoms with E-state index in [-0.39, 0.29) is 34.5 Å². The lowest BCUT2D eigenvalue weighted by Crippen LogP contribution is -2.07. The van der Waals surface area contributed by atoms with Crippen molar-refractivity contribution >= 4 is 27.9 Å². The van der Waals surface area contributed by atoms with Gasteiger partial charge in [-0.05, 0) is 6.07 Å². The van der Waals surface area contributed by atoms with Crippen molar-refractivity contribution < 1.29 is 27.8 Å². The molecule has 0 N–H and O–H groups in total. The lowest BCUT2D eigenvalue weighted by molar-refractivity contribution is -0.142. The summed E-state index contributed by atoms with van der Waals surface area (Å²) in [4.78, 5) is 23.4. The van der Waals surface area contributed by atoms with Gasteiger partial charge in [0.15, 0.2) is 16.6 Å². The number of carbonyl (C=O) groups is 1. The van der Waals surface area contributed by atoms with Crippen molar-refractivity contribution in [3.05, 3.63) is 34.4 Å². The summed E-state index contributed by atoms with van der Waals surface area (Å²) in [6.07, 6.45) is 1.47. The van der Waals surface area contributed by atoms with Crippen LogP contribution in [-0.2, 0) is 16.1 Å². The standard InChI is InChI=1S/C16H14O7/c1-8(17)22-7-9-6-11(18)12-13(19-2)10-4-5-21-14(10)16(20-3)15(12)23-9/h4-6H,7H2,1-3H3. The molecule has 0 spiro atoms. The summed E-state index contributed by atoms with van der Waals surface area (Å²) in [6.45, 7) is 1.12. The quantitative estimate of drug-likeness (QED) is 0.683. The van der Waals surface area contributed by atoms with Crippen LogP contribution in [0.1, 0.15) is 12.7 Å². The van der Waals surface area contributed by atoms with E-state index in [1.165, 1.54) is 33.5 Å². The average molecular weight is 318 g/mol. The summed E-state index contributed by atoms with van der Waals surface area (Å²) < 4.78 is 26.7. The number of esters is 1. The Morgan fingerprint density at radius 2 is 1.91 bits per heavy atom. The van der Waals surface area contributed by atoms with Crippen LogP contribution in [0.25, 0.3) is 21.9 Å². The summed E-state index contributed by atoms with van der Waals surface area (Å²) in [5, 5.41) is 0.849. The summed E-state index contributed by atoms with van der Waals surface area (Å²) in [6, 6.07) is 2.95. The third-order valence-electron chi connectivity index (χ3n) is 3.37. The third-order valence-corrected chi connectivity index (χ3v) is 3.37. The van der Waals surface area contributed by atoms with Crippen LogP contribution in [0.15, 0.2) is 32.0 Å². The number of carbonyl (C=O) groups excluding carboxylic acids is 1. The van der Waals surface area contributed by atoms with Gasteiger partial charge in [0.1, 0.15) is 23.5 Å². The van der Waals surface area contributed by atoms with Gasteiger partial charge in [0.2, 0.25) is 5.75 Å². The third kappa shape index (κ3) is 2.40. The lowest BCUT2D eigenvalue weighted by atomic mass is 10.1. The Balaban J connectivity index is 2.36. The number of ether oxygens (including phenoxy) is 3. The zero-order valence-electron chi connectivity index (χ0n) is 12.8. The number of benzene rings is 1. The second kappa shape index (κ2) is 5.68. The number of hydrogen-bond acceptors (Lipinski definition) is 7. The van der Waals surface area contributed by atoms with Crippen LogP contribution in [0, 0.1) is 0 Å².